The van der Waals surface area contributed by atoms with Gasteiger partial charge in [0, 0.05) is 23.4 Å². The van der Waals surface area contributed by atoms with Gasteiger partial charge in [-0.2, -0.15) is 5.10 Å². The number of aldehydes is 1. The normalized spacial score (nSPS) is 10.9. The van der Waals surface area contributed by atoms with Gasteiger partial charge in [-0.25, -0.2) is 4.39 Å². The molecule has 0 amide bonds. The number of benzene rings is 1. The van der Waals surface area contributed by atoms with Gasteiger partial charge in [-0.15, -0.1) is 0 Å². The van der Waals surface area contributed by atoms with Crippen molar-refractivity contribution in [2.24, 2.45) is 0 Å². The number of carbonyl (C=O) groups is 1. The second-order valence-electron chi connectivity index (χ2n) is 4.55. The highest BCUT2D eigenvalue weighted by molar-refractivity contribution is 5.88. The SMILES string of the molecule is Cc1nn(C(C)C)cc1-c1ccc(F)cc1C=O. The maximum absolute atomic E-state index is 13.1. The Kier molecular flexibility index (Phi) is 3.28. The second kappa shape index (κ2) is 4.72. The largest absolute Gasteiger partial charge is 0.298 e. The number of nitrogens with zero attached hydrogens (tertiary/aromatic N) is 2. The Morgan fingerprint density at radius 2 is 2.06 bits per heavy atom. The van der Waals surface area contributed by atoms with Crippen LogP contribution in [-0.4, -0.2) is 16.1 Å². The standard InChI is InChI=1S/C14H15FN2O/c1-9(2)17-7-14(10(3)16-17)13-5-4-12(15)6-11(13)8-18/h4-9H,1-3H3. The molecule has 0 saturated carbocycles. The maximum Gasteiger partial charge on any atom is 0.150 e. The Bertz CT molecular complexity index is 587. The first-order valence-electron chi connectivity index (χ1n) is 5.83. The number of hydrogen-bond acceptors (Lipinski definition) is 2. The molecule has 2 aromatic rings. The summed E-state index contributed by atoms with van der Waals surface area (Å²) in [5.41, 5.74) is 2.77. The van der Waals surface area contributed by atoms with Crippen LogP contribution in [-0.2, 0) is 0 Å². The number of aryl methyl sites for hydroxylation is 1. The molecule has 0 atom stereocenters. The minimum absolute atomic E-state index is 0.248. The minimum Gasteiger partial charge on any atom is -0.298 e. The van der Waals surface area contributed by atoms with E-state index in [2.05, 4.69) is 5.10 Å². The zero-order valence-corrected chi connectivity index (χ0v) is 10.6. The number of aromatic nitrogens is 2. The molecular formula is C14H15FN2O. The molecule has 3 nitrogen and oxygen atoms in total. The van der Waals surface area contributed by atoms with Crippen molar-refractivity contribution in [3.8, 4) is 11.1 Å². The van der Waals surface area contributed by atoms with E-state index in [1.165, 1.54) is 12.1 Å². The molecule has 94 valence electrons. The molecule has 0 saturated heterocycles. The topological polar surface area (TPSA) is 34.9 Å². The molecule has 2 rings (SSSR count). The van der Waals surface area contributed by atoms with Gasteiger partial charge in [0.1, 0.15) is 5.82 Å². The number of rotatable bonds is 3. The van der Waals surface area contributed by atoms with Crippen molar-refractivity contribution in [1.29, 1.82) is 0 Å². The molecule has 0 bridgehead atoms. The third kappa shape index (κ3) is 2.18. The van der Waals surface area contributed by atoms with Crippen molar-refractivity contribution in [3.63, 3.8) is 0 Å². The average Bonchev–Trinajstić information content (AvgIpc) is 2.71. The molecule has 0 unspecified atom stereocenters. The lowest BCUT2D eigenvalue weighted by atomic mass is 10.0. The first kappa shape index (κ1) is 12.5. The number of halogens is 1. The lowest BCUT2D eigenvalue weighted by molar-refractivity contribution is 0.112. The summed E-state index contributed by atoms with van der Waals surface area (Å²) in [6.45, 7) is 5.94. The fraction of sp³-hybridized carbons (Fsp3) is 0.286. The summed E-state index contributed by atoms with van der Waals surface area (Å²) in [4.78, 5) is 11.0. The van der Waals surface area contributed by atoms with Crippen molar-refractivity contribution < 1.29 is 9.18 Å². The molecule has 1 aromatic carbocycles. The van der Waals surface area contributed by atoms with Crippen LogP contribution in [0.1, 0.15) is 35.9 Å². The third-order valence-electron chi connectivity index (χ3n) is 2.88. The van der Waals surface area contributed by atoms with Crippen LogP contribution in [0.5, 0.6) is 0 Å². The molecule has 0 aliphatic rings. The number of hydrogen-bond donors (Lipinski definition) is 0. The van der Waals surface area contributed by atoms with Crippen molar-refractivity contribution in [2.75, 3.05) is 0 Å². The van der Waals surface area contributed by atoms with Crippen molar-refractivity contribution in [1.82, 2.24) is 9.78 Å². The summed E-state index contributed by atoms with van der Waals surface area (Å²) in [5.74, 6) is -0.408. The summed E-state index contributed by atoms with van der Waals surface area (Å²) in [7, 11) is 0. The van der Waals surface area contributed by atoms with Gasteiger partial charge < -0.3 is 0 Å². The summed E-state index contributed by atoms with van der Waals surface area (Å²) >= 11 is 0. The Labute approximate surface area is 105 Å². The van der Waals surface area contributed by atoms with Gasteiger partial charge in [0.25, 0.3) is 0 Å². The Morgan fingerprint density at radius 1 is 1.33 bits per heavy atom. The Hall–Kier alpha value is -1.97. The lowest BCUT2D eigenvalue weighted by Crippen LogP contribution is -2.00. The van der Waals surface area contributed by atoms with Crippen LogP contribution in [0.3, 0.4) is 0 Å². The van der Waals surface area contributed by atoms with Gasteiger partial charge in [0.05, 0.1) is 5.69 Å². The molecule has 0 aliphatic heterocycles. The molecule has 1 aromatic heterocycles. The number of carbonyl (C=O) groups excluding carboxylic acids is 1. The van der Waals surface area contributed by atoms with Gasteiger partial charge in [-0.1, -0.05) is 6.07 Å². The summed E-state index contributed by atoms with van der Waals surface area (Å²) in [6, 6.07) is 4.47. The van der Waals surface area contributed by atoms with Crippen LogP contribution < -0.4 is 0 Å². The average molecular weight is 246 g/mol. The van der Waals surface area contributed by atoms with Crippen LogP contribution >= 0.6 is 0 Å². The fourth-order valence-electron chi connectivity index (χ4n) is 1.89. The molecule has 0 spiro atoms. The minimum atomic E-state index is -0.408. The van der Waals surface area contributed by atoms with Crippen LogP contribution in [0, 0.1) is 12.7 Å². The highest BCUT2D eigenvalue weighted by Gasteiger charge is 2.13. The van der Waals surface area contributed by atoms with Gasteiger partial charge in [-0.05, 0) is 38.5 Å². The predicted molar refractivity (Wildman–Crippen MR) is 68.1 cm³/mol. The van der Waals surface area contributed by atoms with Crippen molar-refractivity contribution in [3.05, 3.63) is 41.5 Å². The highest BCUT2D eigenvalue weighted by Crippen LogP contribution is 2.27. The first-order valence-corrected chi connectivity index (χ1v) is 5.83. The van der Waals surface area contributed by atoms with Gasteiger partial charge >= 0.3 is 0 Å². The Morgan fingerprint density at radius 3 is 2.61 bits per heavy atom. The van der Waals surface area contributed by atoms with E-state index >= 15 is 0 Å². The first-order chi connectivity index (χ1) is 8.52. The maximum atomic E-state index is 13.1. The summed E-state index contributed by atoms with van der Waals surface area (Å²) in [6.07, 6.45) is 2.56. The molecule has 0 fully saturated rings. The lowest BCUT2D eigenvalue weighted by Gasteiger charge is -2.04. The quantitative estimate of drug-likeness (QED) is 0.778. The van der Waals surface area contributed by atoms with E-state index in [-0.39, 0.29) is 6.04 Å². The highest BCUT2D eigenvalue weighted by atomic mass is 19.1. The molecule has 0 N–H and O–H groups in total. The molecule has 0 aliphatic carbocycles. The van der Waals surface area contributed by atoms with E-state index in [1.807, 2.05) is 31.6 Å². The molecular weight excluding hydrogens is 231 g/mol. The molecule has 1 heterocycles. The summed E-state index contributed by atoms with van der Waals surface area (Å²) < 4.78 is 14.9. The van der Waals surface area contributed by atoms with E-state index in [0.29, 0.717) is 11.8 Å². The van der Waals surface area contributed by atoms with Crippen molar-refractivity contribution >= 4 is 6.29 Å². The van der Waals surface area contributed by atoms with E-state index < -0.39 is 5.82 Å². The van der Waals surface area contributed by atoms with Crippen LogP contribution in [0.4, 0.5) is 4.39 Å². The van der Waals surface area contributed by atoms with Gasteiger partial charge in [-0.3, -0.25) is 9.48 Å². The summed E-state index contributed by atoms with van der Waals surface area (Å²) in [5, 5.41) is 4.39. The van der Waals surface area contributed by atoms with Gasteiger partial charge in [0.2, 0.25) is 0 Å². The monoisotopic (exact) mass is 246 g/mol. The van der Waals surface area contributed by atoms with Crippen LogP contribution in [0.2, 0.25) is 0 Å². The molecule has 18 heavy (non-hydrogen) atoms. The molecule has 0 radical (unpaired) electrons. The smallest absolute Gasteiger partial charge is 0.150 e. The van der Waals surface area contributed by atoms with Crippen LogP contribution in [0.15, 0.2) is 24.4 Å². The fourth-order valence-corrected chi connectivity index (χ4v) is 1.89. The zero-order valence-electron chi connectivity index (χ0n) is 10.6. The van der Waals surface area contributed by atoms with E-state index in [9.17, 15) is 9.18 Å². The van der Waals surface area contributed by atoms with E-state index in [4.69, 9.17) is 0 Å². The third-order valence-corrected chi connectivity index (χ3v) is 2.88. The predicted octanol–water partition coefficient (Wildman–Crippen LogP) is 3.39. The molecule has 4 heteroatoms. The van der Waals surface area contributed by atoms with E-state index in [0.717, 1.165) is 16.8 Å². The van der Waals surface area contributed by atoms with Crippen molar-refractivity contribution in [2.45, 2.75) is 26.8 Å². The zero-order chi connectivity index (χ0) is 13.3. The second-order valence-corrected chi connectivity index (χ2v) is 4.55. The van der Waals surface area contributed by atoms with Crippen LogP contribution in [0.25, 0.3) is 11.1 Å². The van der Waals surface area contributed by atoms with E-state index in [1.54, 1.807) is 6.07 Å². The Balaban J connectivity index is 2.58. The van der Waals surface area contributed by atoms with Gasteiger partial charge in [0.15, 0.2) is 6.29 Å².